The Hall–Kier alpha value is -1.28. The van der Waals surface area contributed by atoms with Crippen molar-refractivity contribution in [3.05, 3.63) is 5.57 Å². The molecule has 0 aromatic carbocycles. The molecule has 2 aliphatic heterocycles. The van der Waals surface area contributed by atoms with Crippen LogP contribution < -0.4 is 0 Å². The zero-order chi connectivity index (χ0) is 11.4. The standard InChI is InChI=1S/C12H18N2O2/c15-10-11-4-8-14(9-5-11)12(16)13-6-2-1-3-7-13/h1-9H2. The van der Waals surface area contributed by atoms with Crippen LogP contribution in [0.3, 0.4) is 0 Å². The number of urea groups is 1. The predicted octanol–water partition coefficient (Wildman–Crippen LogP) is 1.45. The third kappa shape index (κ3) is 2.45. The molecule has 2 rings (SSSR count). The second-order valence-corrected chi connectivity index (χ2v) is 4.52. The van der Waals surface area contributed by atoms with Gasteiger partial charge in [0, 0.05) is 31.8 Å². The molecule has 16 heavy (non-hydrogen) atoms. The number of rotatable bonds is 0. The zero-order valence-electron chi connectivity index (χ0n) is 9.57. The number of likely N-dealkylation sites (tertiary alicyclic amines) is 2. The first-order valence-corrected chi connectivity index (χ1v) is 6.08. The van der Waals surface area contributed by atoms with Crippen molar-refractivity contribution >= 4 is 12.0 Å². The molecule has 2 heterocycles. The van der Waals surface area contributed by atoms with Gasteiger partial charge >= 0.3 is 6.03 Å². The van der Waals surface area contributed by atoms with Gasteiger partial charge in [-0.1, -0.05) is 0 Å². The summed E-state index contributed by atoms with van der Waals surface area (Å²) in [4.78, 5) is 26.4. The van der Waals surface area contributed by atoms with Crippen LogP contribution in [0.25, 0.3) is 0 Å². The molecule has 88 valence electrons. The van der Waals surface area contributed by atoms with E-state index in [0.29, 0.717) is 25.9 Å². The van der Waals surface area contributed by atoms with Crippen molar-refractivity contribution in [3.8, 4) is 0 Å². The van der Waals surface area contributed by atoms with E-state index in [1.807, 2.05) is 15.7 Å². The molecular weight excluding hydrogens is 204 g/mol. The molecule has 2 aliphatic rings. The average Bonchev–Trinajstić information content (AvgIpc) is 2.39. The van der Waals surface area contributed by atoms with Gasteiger partial charge in [-0.3, -0.25) is 0 Å². The molecule has 2 amide bonds. The molecule has 4 nitrogen and oxygen atoms in total. The van der Waals surface area contributed by atoms with Crippen molar-refractivity contribution in [1.82, 2.24) is 9.80 Å². The topological polar surface area (TPSA) is 40.6 Å². The van der Waals surface area contributed by atoms with Gasteiger partial charge < -0.3 is 9.80 Å². The Bertz CT molecular complexity index is 305. The van der Waals surface area contributed by atoms with Gasteiger partial charge in [-0.05, 0) is 32.1 Å². The summed E-state index contributed by atoms with van der Waals surface area (Å²) >= 11 is 0. The lowest BCUT2D eigenvalue weighted by molar-refractivity contribution is 0.140. The van der Waals surface area contributed by atoms with Gasteiger partial charge in [-0.15, -0.1) is 0 Å². The first-order valence-electron chi connectivity index (χ1n) is 6.08. The summed E-state index contributed by atoms with van der Waals surface area (Å²) in [6, 6.07) is 0.157. The maximum atomic E-state index is 12.1. The minimum Gasteiger partial charge on any atom is -0.325 e. The quantitative estimate of drug-likeness (QED) is 0.582. The van der Waals surface area contributed by atoms with Crippen molar-refractivity contribution in [2.24, 2.45) is 0 Å². The van der Waals surface area contributed by atoms with Crippen molar-refractivity contribution in [2.75, 3.05) is 26.2 Å². The average molecular weight is 222 g/mol. The number of piperidine rings is 2. The summed E-state index contributed by atoms with van der Waals surface area (Å²) < 4.78 is 0. The van der Waals surface area contributed by atoms with Crippen molar-refractivity contribution < 1.29 is 9.59 Å². The highest BCUT2D eigenvalue weighted by atomic mass is 16.2. The molecule has 0 aliphatic carbocycles. The molecule has 2 saturated heterocycles. The van der Waals surface area contributed by atoms with Gasteiger partial charge in [0.15, 0.2) is 0 Å². The van der Waals surface area contributed by atoms with Crippen molar-refractivity contribution in [1.29, 1.82) is 0 Å². The smallest absolute Gasteiger partial charge is 0.320 e. The Balaban J connectivity index is 1.88. The van der Waals surface area contributed by atoms with E-state index in [4.69, 9.17) is 0 Å². The molecule has 0 bridgehead atoms. The second-order valence-electron chi connectivity index (χ2n) is 4.52. The zero-order valence-corrected chi connectivity index (χ0v) is 9.57. The fraction of sp³-hybridized carbons (Fsp3) is 0.750. The Morgan fingerprint density at radius 2 is 1.50 bits per heavy atom. The van der Waals surface area contributed by atoms with Gasteiger partial charge in [0.25, 0.3) is 0 Å². The van der Waals surface area contributed by atoms with Crippen LogP contribution in [0, 0.1) is 0 Å². The molecule has 0 N–H and O–H groups in total. The molecule has 0 aromatic heterocycles. The van der Waals surface area contributed by atoms with Crippen LogP contribution in [0.4, 0.5) is 4.79 Å². The van der Waals surface area contributed by atoms with Crippen LogP contribution in [0.2, 0.25) is 0 Å². The highest BCUT2D eigenvalue weighted by Crippen LogP contribution is 2.17. The predicted molar refractivity (Wildman–Crippen MR) is 60.8 cm³/mol. The van der Waals surface area contributed by atoms with E-state index in [-0.39, 0.29) is 6.03 Å². The molecule has 0 saturated carbocycles. The normalized spacial score (nSPS) is 21.9. The highest BCUT2D eigenvalue weighted by Gasteiger charge is 2.24. The summed E-state index contributed by atoms with van der Waals surface area (Å²) in [5, 5.41) is 0. The minimum atomic E-state index is 0.157. The van der Waals surface area contributed by atoms with E-state index in [9.17, 15) is 9.59 Å². The summed E-state index contributed by atoms with van der Waals surface area (Å²) in [6.07, 6.45) is 4.88. The van der Waals surface area contributed by atoms with Crippen molar-refractivity contribution in [3.63, 3.8) is 0 Å². The Labute approximate surface area is 95.9 Å². The lowest BCUT2D eigenvalue weighted by Gasteiger charge is -2.35. The second kappa shape index (κ2) is 5.17. The maximum absolute atomic E-state index is 12.1. The summed E-state index contributed by atoms with van der Waals surface area (Å²) in [6.45, 7) is 3.15. The molecule has 0 spiro atoms. The maximum Gasteiger partial charge on any atom is 0.320 e. The fourth-order valence-corrected chi connectivity index (χ4v) is 2.36. The highest BCUT2D eigenvalue weighted by molar-refractivity contribution is 5.75. The molecule has 0 atom stereocenters. The van der Waals surface area contributed by atoms with Gasteiger partial charge in [0.1, 0.15) is 5.94 Å². The number of hydrogen-bond acceptors (Lipinski definition) is 2. The van der Waals surface area contributed by atoms with Gasteiger partial charge in [-0.2, -0.15) is 0 Å². The Kier molecular flexibility index (Phi) is 3.62. The van der Waals surface area contributed by atoms with E-state index < -0.39 is 0 Å². The fourth-order valence-electron chi connectivity index (χ4n) is 2.36. The number of carbonyl (C=O) groups is 1. The molecule has 0 aromatic rings. The van der Waals surface area contributed by atoms with Crippen LogP contribution in [0.1, 0.15) is 32.1 Å². The summed E-state index contributed by atoms with van der Waals surface area (Å²) in [5.74, 6) is 1.96. The van der Waals surface area contributed by atoms with E-state index in [1.54, 1.807) is 0 Å². The largest absolute Gasteiger partial charge is 0.325 e. The van der Waals surface area contributed by atoms with Crippen molar-refractivity contribution in [2.45, 2.75) is 32.1 Å². The molecule has 2 fully saturated rings. The van der Waals surface area contributed by atoms with Crippen LogP contribution in [-0.4, -0.2) is 48.0 Å². The van der Waals surface area contributed by atoms with Crippen LogP contribution >= 0.6 is 0 Å². The van der Waals surface area contributed by atoms with Gasteiger partial charge in [-0.25, -0.2) is 9.59 Å². The molecule has 0 radical (unpaired) electrons. The SMILES string of the molecule is O=C=C1CCN(C(=O)N2CCCCC2)CC1. The number of amides is 2. The number of hydrogen-bond donors (Lipinski definition) is 0. The lowest BCUT2D eigenvalue weighted by atomic mass is 10.1. The monoisotopic (exact) mass is 222 g/mol. The third-order valence-electron chi connectivity index (χ3n) is 3.41. The summed E-state index contributed by atoms with van der Waals surface area (Å²) in [5.41, 5.74) is 0.822. The molecule has 4 heteroatoms. The van der Waals surface area contributed by atoms with Crippen LogP contribution in [0.5, 0.6) is 0 Å². The third-order valence-corrected chi connectivity index (χ3v) is 3.41. The van der Waals surface area contributed by atoms with E-state index in [1.165, 1.54) is 6.42 Å². The Morgan fingerprint density at radius 3 is 2.06 bits per heavy atom. The van der Waals surface area contributed by atoms with Crippen LogP contribution in [-0.2, 0) is 4.79 Å². The number of nitrogens with zero attached hydrogens (tertiary/aromatic N) is 2. The van der Waals surface area contributed by atoms with Gasteiger partial charge in [0.05, 0.1) is 0 Å². The van der Waals surface area contributed by atoms with E-state index >= 15 is 0 Å². The first-order chi connectivity index (χ1) is 7.81. The first kappa shape index (κ1) is 11.2. The lowest BCUT2D eigenvalue weighted by Crippen LogP contribution is -2.47. The number of carbonyl (C=O) groups excluding carboxylic acids is 2. The summed E-state index contributed by atoms with van der Waals surface area (Å²) in [7, 11) is 0. The van der Waals surface area contributed by atoms with Gasteiger partial charge in [0.2, 0.25) is 0 Å². The van der Waals surface area contributed by atoms with E-state index in [0.717, 1.165) is 31.5 Å². The minimum absolute atomic E-state index is 0.157. The Morgan fingerprint density at radius 1 is 0.938 bits per heavy atom. The van der Waals surface area contributed by atoms with E-state index in [2.05, 4.69) is 0 Å². The molecular formula is C12H18N2O2. The van der Waals surface area contributed by atoms with Crippen LogP contribution in [0.15, 0.2) is 5.57 Å². The molecule has 0 unspecified atom stereocenters.